The second-order valence-electron chi connectivity index (χ2n) is 18.8. The first-order chi connectivity index (χ1) is 30.8. The molecule has 1 unspecified atom stereocenters. The Kier molecular flexibility index (Phi) is 13.2. The Morgan fingerprint density at radius 2 is 1.86 bits per heavy atom. The summed E-state index contributed by atoms with van der Waals surface area (Å²) in [5.41, 5.74) is 10.7. The maximum absolute atomic E-state index is 14.8. The number of methoxy groups -OCH3 is 1. The molecular weight excluding hydrogens is 807 g/mol. The Balaban J connectivity index is 1.20. The van der Waals surface area contributed by atoms with Crippen molar-refractivity contribution in [3.8, 4) is 22.4 Å². The number of esters is 1. The lowest BCUT2D eigenvalue weighted by Crippen LogP contribution is -2.61. The normalized spacial score (nSPS) is 24.1. The number of cyclic esters (lactones) is 1. The second kappa shape index (κ2) is 18.8. The van der Waals surface area contributed by atoms with Gasteiger partial charge in [-0.1, -0.05) is 64.6 Å². The van der Waals surface area contributed by atoms with Crippen LogP contribution in [-0.4, -0.2) is 101 Å². The number of aromatic nitrogens is 2. The summed E-state index contributed by atoms with van der Waals surface area (Å²) >= 11 is 0. The fourth-order valence-electron chi connectivity index (χ4n) is 10.7. The number of rotatable bonds is 7. The third kappa shape index (κ3) is 8.64. The van der Waals surface area contributed by atoms with Gasteiger partial charge in [0.2, 0.25) is 11.8 Å². The van der Waals surface area contributed by atoms with Crippen LogP contribution in [0.1, 0.15) is 95.6 Å². The van der Waals surface area contributed by atoms with E-state index < -0.39 is 35.5 Å². The summed E-state index contributed by atoms with van der Waals surface area (Å²) in [4.78, 5) is 67.5. The maximum Gasteiger partial charge on any atom is 0.324 e. The Morgan fingerprint density at radius 3 is 2.62 bits per heavy atom. The number of aryl methyl sites for hydroxylation is 1. The number of pyridine rings is 1. The summed E-state index contributed by atoms with van der Waals surface area (Å²) in [6.07, 6.45) is 7.99. The van der Waals surface area contributed by atoms with E-state index in [4.69, 9.17) is 19.5 Å². The number of carbonyl (C=O) groups is 4. The van der Waals surface area contributed by atoms with Crippen LogP contribution in [0.3, 0.4) is 0 Å². The van der Waals surface area contributed by atoms with E-state index in [-0.39, 0.29) is 48.6 Å². The van der Waals surface area contributed by atoms with Crippen molar-refractivity contribution in [3.63, 3.8) is 0 Å². The molecule has 13 heteroatoms. The number of nitrogens with zero attached hydrogens (tertiary/aromatic N) is 5. The zero-order chi connectivity index (χ0) is 45.3. The number of aliphatic imine (C=N–C) groups is 1. The van der Waals surface area contributed by atoms with Crippen molar-refractivity contribution in [2.75, 3.05) is 33.4 Å². The zero-order valence-corrected chi connectivity index (χ0v) is 38.1. The molecule has 0 spiro atoms. The van der Waals surface area contributed by atoms with Crippen LogP contribution >= 0.6 is 0 Å². The minimum absolute atomic E-state index is 0.0882. The van der Waals surface area contributed by atoms with Crippen LogP contribution in [0.2, 0.25) is 0 Å². The highest BCUT2D eigenvalue weighted by molar-refractivity contribution is 5.97. The average molecular weight is 870 g/mol. The van der Waals surface area contributed by atoms with Crippen molar-refractivity contribution in [1.82, 2.24) is 30.2 Å². The number of hydrogen-bond acceptors (Lipinski definition) is 9. The molecule has 2 aromatic carbocycles. The van der Waals surface area contributed by atoms with Crippen LogP contribution < -0.4 is 10.7 Å². The number of hydrogen-bond donors (Lipinski definition) is 2. The predicted octanol–water partition coefficient (Wildman–Crippen LogP) is 7.19. The summed E-state index contributed by atoms with van der Waals surface area (Å²) in [5.74, 6) is -2.00. The number of nitrogens with one attached hydrogen (secondary N) is 2. The number of amides is 3. The molecule has 2 aromatic heterocycles. The first-order valence-corrected chi connectivity index (χ1v) is 23.1. The van der Waals surface area contributed by atoms with E-state index in [0.717, 1.165) is 69.5 Å². The van der Waals surface area contributed by atoms with Crippen LogP contribution in [0.15, 0.2) is 78.4 Å². The number of ether oxygens (including phenoxy) is 2. The highest BCUT2D eigenvalue weighted by Gasteiger charge is 2.48. The molecule has 13 nitrogen and oxygen atoms in total. The van der Waals surface area contributed by atoms with Crippen molar-refractivity contribution in [3.05, 3.63) is 90.3 Å². The Labute approximate surface area is 376 Å². The van der Waals surface area contributed by atoms with Crippen molar-refractivity contribution in [1.29, 1.82) is 0 Å². The third-order valence-electron chi connectivity index (χ3n) is 13.8. The van der Waals surface area contributed by atoms with Crippen molar-refractivity contribution in [2.45, 2.75) is 110 Å². The lowest BCUT2D eigenvalue weighted by Gasteiger charge is -2.42. The van der Waals surface area contributed by atoms with Crippen LogP contribution in [0, 0.1) is 17.3 Å². The van der Waals surface area contributed by atoms with E-state index in [9.17, 15) is 19.2 Å². The molecule has 6 atom stereocenters. The van der Waals surface area contributed by atoms with E-state index in [1.807, 2.05) is 38.2 Å². The fourth-order valence-corrected chi connectivity index (χ4v) is 10.7. The summed E-state index contributed by atoms with van der Waals surface area (Å²) < 4.78 is 15.0. The first-order valence-electron chi connectivity index (χ1n) is 23.1. The molecule has 4 aromatic rings. The number of fused-ring (bicyclic) bond motifs is 8. The van der Waals surface area contributed by atoms with Gasteiger partial charge in [-0.3, -0.25) is 34.2 Å². The third-order valence-corrected chi connectivity index (χ3v) is 13.8. The Hall–Kier alpha value is -5.66. The summed E-state index contributed by atoms with van der Waals surface area (Å²) in [5, 5.41) is 5.80. The summed E-state index contributed by atoms with van der Waals surface area (Å²) in [6.45, 7) is 16.2. The second-order valence-corrected chi connectivity index (χ2v) is 18.8. The number of hydrazine groups is 1. The van der Waals surface area contributed by atoms with Crippen molar-refractivity contribution in [2.24, 2.45) is 22.2 Å². The van der Waals surface area contributed by atoms with E-state index in [1.165, 1.54) is 11.1 Å². The average Bonchev–Trinajstić information content (AvgIpc) is 3.68. The van der Waals surface area contributed by atoms with Gasteiger partial charge in [0.05, 0.1) is 36.5 Å². The molecule has 338 valence electrons. The van der Waals surface area contributed by atoms with Gasteiger partial charge >= 0.3 is 5.97 Å². The Morgan fingerprint density at radius 1 is 1.05 bits per heavy atom. The topological polar surface area (TPSA) is 147 Å². The Bertz CT molecular complexity index is 2460. The molecule has 8 rings (SSSR count). The van der Waals surface area contributed by atoms with Gasteiger partial charge in [0.1, 0.15) is 18.2 Å². The molecular formula is C51H63N7O6. The SMILES string of the molecule is C=CC(=O)N1CC=N[C@@H]([C@H](C(=O)N[C@H]2Cc3cccc(c3)-c3ccc4c(c3)c3c(n4CC)-c4cccnc4[C@@H](OC)C3C(C)(C)COC(=O)[C@@H]3CCCN(N3)C2=O)C(C)C)CCCC1. The van der Waals surface area contributed by atoms with E-state index in [1.54, 1.807) is 18.2 Å². The largest absolute Gasteiger partial charge is 0.464 e. The lowest BCUT2D eigenvalue weighted by molar-refractivity contribution is -0.156. The molecule has 64 heavy (non-hydrogen) atoms. The number of carbonyl (C=O) groups excluding carboxylic acids is 4. The van der Waals surface area contributed by atoms with Gasteiger partial charge in [-0.25, -0.2) is 5.43 Å². The monoisotopic (exact) mass is 869 g/mol. The fraction of sp³-hybridized carbons (Fsp3) is 0.490. The molecule has 2 N–H and O–H groups in total. The lowest BCUT2D eigenvalue weighted by atomic mass is 9.67. The molecule has 1 saturated heterocycles. The van der Waals surface area contributed by atoms with E-state index >= 15 is 0 Å². The smallest absolute Gasteiger partial charge is 0.324 e. The molecule has 5 heterocycles. The van der Waals surface area contributed by atoms with Crippen LogP contribution in [0.4, 0.5) is 0 Å². The molecule has 1 fully saturated rings. The van der Waals surface area contributed by atoms with Gasteiger partial charge in [0.15, 0.2) is 0 Å². The van der Waals surface area contributed by atoms with Gasteiger partial charge in [-0.15, -0.1) is 0 Å². The minimum atomic E-state index is -0.946. The van der Waals surface area contributed by atoms with Gasteiger partial charge in [0.25, 0.3) is 5.91 Å². The predicted molar refractivity (Wildman–Crippen MR) is 248 cm³/mol. The molecule has 0 radical (unpaired) electrons. The van der Waals surface area contributed by atoms with Gasteiger partial charge in [0, 0.05) is 73.4 Å². The molecule has 3 amide bonds. The summed E-state index contributed by atoms with van der Waals surface area (Å²) in [6, 6.07) is 16.9. The standard InChI is InChI=1S/C51H63N7O6/c1-8-41(59)56-24-11-10-18-37(52-23-26-56)42(31(3)4)48(60)54-39-28-32-15-12-16-33(27-32)34-20-21-40-36(29-34)43-44(47(63-7)45-35(17-13-22-53-45)46(43)57(40)9-2)51(5,6)30-64-50(62)38-19-14-25-58(55-38)49(39)61/h8,12-13,15-17,20-23,27,29,31,37-39,42,44,47,55H,1,9-11,14,18-19,24-26,28,30H2,2-7H3,(H,54,60)/t37-,38+,39+,42-,44?,47+/m1/s1. The highest BCUT2D eigenvalue weighted by Crippen LogP contribution is 2.57. The van der Waals surface area contributed by atoms with E-state index in [2.05, 4.69) is 79.1 Å². The maximum atomic E-state index is 14.8. The highest BCUT2D eigenvalue weighted by atomic mass is 16.5. The van der Waals surface area contributed by atoms with Crippen LogP contribution in [0.25, 0.3) is 33.3 Å². The van der Waals surface area contributed by atoms with Crippen LogP contribution in [0.5, 0.6) is 0 Å². The molecule has 3 aliphatic heterocycles. The van der Waals surface area contributed by atoms with Crippen molar-refractivity contribution >= 4 is 40.8 Å². The molecule has 4 aliphatic rings. The summed E-state index contributed by atoms with van der Waals surface area (Å²) in [7, 11) is 1.73. The number of benzene rings is 2. The molecule has 6 bridgehead atoms. The van der Waals surface area contributed by atoms with Crippen LogP contribution in [-0.2, 0) is 41.6 Å². The zero-order valence-electron chi connectivity index (χ0n) is 38.1. The van der Waals surface area contributed by atoms with Gasteiger partial charge in [-0.2, -0.15) is 0 Å². The molecule has 1 aliphatic carbocycles. The van der Waals surface area contributed by atoms with Crippen molar-refractivity contribution < 1.29 is 28.7 Å². The quantitative estimate of drug-likeness (QED) is 0.147. The first kappa shape index (κ1) is 44.9. The van der Waals surface area contributed by atoms with E-state index in [0.29, 0.717) is 38.9 Å². The van der Waals surface area contributed by atoms with Gasteiger partial charge < -0.3 is 24.3 Å². The van der Waals surface area contributed by atoms with Gasteiger partial charge in [-0.05, 0) is 97.5 Å². The minimum Gasteiger partial charge on any atom is -0.464 e. The molecule has 0 saturated carbocycles.